The van der Waals surface area contributed by atoms with Gasteiger partial charge in [-0.25, -0.2) is 4.98 Å². The molecule has 160 valence electrons. The Kier molecular flexibility index (Phi) is 5.07. The SMILES string of the molecule is Cc1ccc(-c2csc3ncn(CCC(=O)N4CC(=O)Nc5ccccc54)c(=O)c23)cc1. The van der Waals surface area contributed by atoms with Crippen LogP contribution >= 0.6 is 11.3 Å². The quantitative estimate of drug-likeness (QED) is 0.519. The number of thiophene rings is 1. The lowest BCUT2D eigenvalue weighted by Gasteiger charge is -2.29. The Morgan fingerprint density at radius 3 is 2.72 bits per heavy atom. The molecule has 0 bridgehead atoms. The molecule has 0 spiro atoms. The fourth-order valence-corrected chi connectivity index (χ4v) is 4.79. The van der Waals surface area contributed by atoms with Gasteiger partial charge in [0.05, 0.1) is 23.1 Å². The lowest BCUT2D eigenvalue weighted by molar-refractivity contribution is -0.122. The number of fused-ring (bicyclic) bond motifs is 2. The monoisotopic (exact) mass is 444 g/mol. The zero-order chi connectivity index (χ0) is 22.2. The van der Waals surface area contributed by atoms with Gasteiger partial charge in [0.2, 0.25) is 11.8 Å². The molecule has 0 radical (unpaired) electrons. The molecule has 2 amide bonds. The molecule has 32 heavy (non-hydrogen) atoms. The number of aromatic nitrogens is 2. The number of aryl methyl sites for hydroxylation is 2. The van der Waals surface area contributed by atoms with Crippen molar-refractivity contribution in [3.8, 4) is 11.1 Å². The first-order valence-corrected chi connectivity index (χ1v) is 11.1. The third-order valence-corrected chi connectivity index (χ3v) is 6.45. The van der Waals surface area contributed by atoms with E-state index in [2.05, 4.69) is 10.3 Å². The van der Waals surface area contributed by atoms with Gasteiger partial charge in [-0.05, 0) is 24.6 Å². The molecule has 1 N–H and O–H groups in total. The van der Waals surface area contributed by atoms with Gasteiger partial charge in [0.25, 0.3) is 5.56 Å². The van der Waals surface area contributed by atoms with Crippen LogP contribution in [-0.4, -0.2) is 27.9 Å². The standard InChI is InChI=1S/C24H20N4O3S/c1-15-6-8-16(9-7-15)17-13-32-23-22(17)24(31)27(14-25-23)11-10-21(30)28-12-20(29)26-18-4-2-3-5-19(18)28/h2-9,13-14H,10-12H2,1H3,(H,26,29). The first kappa shape index (κ1) is 20.1. The van der Waals surface area contributed by atoms with Gasteiger partial charge in [-0.2, -0.15) is 0 Å². The van der Waals surface area contributed by atoms with Gasteiger partial charge < -0.3 is 10.2 Å². The van der Waals surface area contributed by atoms with Crippen LogP contribution < -0.4 is 15.8 Å². The predicted molar refractivity (Wildman–Crippen MR) is 126 cm³/mol. The fraction of sp³-hybridized carbons (Fsp3) is 0.167. The second kappa shape index (κ2) is 8.05. The number of amides is 2. The lowest BCUT2D eigenvalue weighted by atomic mass is 10.1. The van der Waals surface area contributed by atoms with E-state index in [4.69, 9.17) is 0 Å². The molecule has 7 nitrogen and oxygen atoms in total. The lowest BCUT2D eigenvalue weighted by Crippen LogP contribution is -2.42. The molecule has 0 fully saturated rings. The minimum absolute atomic E-state index is 0.0376. The number of anilines is 2. The molecule has 0 unspecified atom stereocenters. The third kappa shape index (κ3) is 3.58. The van der Waals surface area contributed by atoms with Crippen LogP contribution in [0.1, 0.15) is 12.0 Å². The van der Waals surface area contributed by atoms with Gasteiger partial charge in [-0.1, -0.05) is 42.0 Å². The minimum Gasteiger partial charge on any atom is -0.323 e. The number of carbonyl (C=O) groups is 2. The van der Waals surface area contributed by atoms with Crippen molar-refractivity contribution in [1.29, 1.82) is 0 Å². The Morgan fingerprint density at radius 1 is 1.12 bits per heavy atom. The summed E-state index contributed by atoms with van der Waals surface area (Å²) in [5.74, 6) is -0.457. The summed E-state index contributed by atoms with van der Waals surface area (Å²) in [6.07, 6.45) is 1.57. The van der Waals surface area contributed by atoms with Crippen LogP contribution in [0.4, 0.5) is 11.4 Å². The maximum atomic E-state index is 13.2. The average Bonchev–Trinajstić information content (AvgIpc) is 3.23. The van der Waals surface area contributed by atoms with Crippen LogP contribution in [0.25, 0.3) is 21.3 Å². The third-order valence-electron chi connectivity index (χ3n) is 5.56. The van der Waals surface area contributed by atoms with E-state index in [-0.39, 0.29) is 36.9 Å². The molecular formula is C24H20N4O3S. The molecule has 0 atom stereocenters. The van der Waals surface area contributed by atoms with E-state index in [1.165, 1.54) is 27.1 Å². The molecule has 4 aromatic rings. The second-order valence-electron chi connectivity index (χ2n) is 7.73. The van der Waals surface area contributed by atoms with Crippen LogP contribution in [0.3, 0.4) is 0 Å². The van der Waals surface area contributed by atoms with Crippen LogP contribution in [-0.2, 0) is 16.1 Å². The molecule has 5 rings (SSSR count). The number of carbonyl (C=O) groups excluding carboxylic acids is 2. The smallest absolute Gasteiger partial charge is 0.262 e. The Labute approximate surface area is 187 Å². The summed E-state index contributed by atoms with van der Waals surface area (Å²) >= 11 is 1.43. The van der Waals surface area contributed by atoms with E-state index in [0.717, 1.165) is 16.7 Å². The number of nitrogens with zero attached hydrogens (tertiary/aromatic N) is 3. The molecule has 2 aromatic heterocycles. The zero-order valence-electron chi connectivity index (χ0n) is 17.4. The molecule has 2 aromatic carbocycles. The summed E-state index contributed by atoms with van der Waals surface area (Å²) in [5, 5.41) is 5.29. The summed E-state index contributed by atoms with van der Waals surface area (Å²) in [4.78, 5) is 44.8. The highest BCUT2D eigenvalue weighted by molar-refractivity contribution is 7.17. The van der Waals surface area contributed by atoms with Gasteiger partial charge in [-0.15, -0.1) is 11.3 Å². The van der Waals surface area contributed by atoms with Gasteiger partial charge >= 0.3 is 0 Å². The maximum Gasteiger partial charge on any atom is 0.262 e. The highest BCUT2D eigenvalue weighted by Gasteiger charge is 2.26. The molecule has 8 heteroatoms. The minimum atomic E-state index is -0.238. The normalized spacial score (nSPS) is 13.2. The van der Waals surface area contributed by atoms with Crippen molar-refractivity contribution in [2.75, 3.05) is 16.8 Å². The van der Waals surface area contributed by atoms with Crippen molar-refractivity contribution in [3.63, 3.8) is 0 Å². The van der Waals surface area contributed by atoms with Gasteiger partial charge in [-0.3, -0.25) is 19.0 Å². The Bertz CT molecular complexity index is 1410. The Balaban J connectivity index is 1.42. The van der Waals surface area contributed by atoms with Crippen LogP contribution in [0.15, 0.2) is 65.0 Å². The number of benzene rings is 2. The summed E-state index contributed by atoms with van der Waals surface area (Å²) in [5.41, 5.74) is 4.07. The van der Waals surface area contributed by atoms with Crippen molar-refractivity contribution in [2.24, 2.45) is 0 Å². The molecule has 1 aliphatic rings. The topological polar surface area (TPSA) is 84.3 Å². The molecule has 0 saturated heterocycles. The zero-order valence-corrected chi connectivity index (χ0v) is 18.2. The first-order valence-electron chi connectivity index (χ1n) is 10.2. The van der Waals surface area contributed by atoms with E-state index in [9.17, 15) is 14.4 Å². The van der Waals surface area contributed by atoms with E-state index in [0.29, 0.717) is 21.6 Å². The van der Waals surface area contributed by atoms with E-state index < -0.39 is 0 Å². The first-order chi connectivity index (χ1) is 15.5. The maximum absolute atomic E-state index is 13.2. The summed E-state index contributed by atoms with van der Waals surface area (Å²) in [7, 11) is 0. The van der Waals surface area contributed by atoms with Gasteiger partial charge in [0.15, 0.2) is 0 Å². The van der Waals surface area contributed by atoms with E-state index in [1.54, 1.807) is 18.2 Å². The number of nitrogens with one attached hydrogen (secondary N) is 1. The van der Waals surface area contributed by atoms with Crippen molar-refractivity contribution < 1.29 is 9.59 Å². The Hall–Kier alpha value is -3.78. The number of rotatable bonds is 4. The van der Waals surface area contributed by atoms with Crippen molar-refractivity contribution >= 4 is 44.7 Å². The van der Waals surface area contributed by atoms with E-state index >= 15 is 0 Å². The van der Waals surface area contributed by atoms with Gasteiger partial charge in [0.1, 0.15) is 11.4 Å². The summed E-state index contributed by atoms with van der Waals surface area (Å²) in [6.45, 7) is 2.17. The summed E-state index contributed by atoms with van der Waals surface area (Å²) < 4.78 is 1.47. The number of hydrogen-bond acceptors (Lipinski definition) is 5. The predicted octanol–water partition coefficient (Wildman–Crippen LogP) is 3.81. The molecular weight excluding hydrogens is 424 g/mol. The highest BCUT2D eigenvalue weighted by atomic mass is 32.1. The largest absolute Gasteiger partial charge is 0.323 e. The van der Waals surface area contributed by atoms with Crippen LogP contribution in [0.2, 0.25) is 0 Å². The summed E-state index contributed by atoms with van der Waals surface area (Å²) in [6, 6.07) is 15.2. The molecule has 3 heterocycles. The van der Waals surface area contributed by atoms with E-state index in [1.807, 2.05) is 42.6 Å². The Morgan fingerprint density at radius 2 is 1.91 bits per heavy atom. The van der Waals surface area contributed by atoms with Crippen molar-refractivity contribution in [3.05, 3.63) is 76.2 Å². The molecule has 1 aliphatic heterocycles. The number of hydrogen-bond donors (Lipinski definition) is 1. The second-order valence-corrected chi connectivity index (χ2v) is 8.59. The fourth-order valence-electron chi connectivity index (χ4n) is 3.88. The average molecular weight is 445 g/mol. The number of para-hydroxylation sites is 2. The van der Waals surface area contributed by atoms with Crippen LogP contribution in [0.5, 0.6) is 0 Å². The van der Waals surface area contributed by atoms with Gasteiger partial charge in [0, 0.05) is 23.9 Å². The van der Waals surface area contributed by atoms with Crippen LogP contribution in [0, 0.1) is 6.92 Å². The highest BCUT2D eigenvalue weighted by Crippen LogP contribution is 2.31. The molecule has 0 aliphatic carbocycles. The van der Waals surface area contributed by atoms with Crippen molar-refractivity contribution in [2.45, 2.75) is 19.9 Å². The van der Waals surface area contributed by atoms with Crippen molar-refractivity contribution in [1.82, 2.24) is 9.55 Å². The molecule has 0 saturated carbocycles.